The highest BCUT2D eigenvalue weighted by molar-refractivity contribution is 5.88. The Bertz CT molecular complexity index is 331. The third-order valence-corrected chi connectivity index (χ3v) is 5.37. The smallest absolute Gasteiger partial charge is 0.244 e. The van der Waals surface area contributed by atoms with Crippen LogP contribution in [0.4, 0.5) is 0 Å². The van der Waals surface area contributed by atoms with Crippen LogP contribution in [0.25, 0.3) is 0 Å². The van der Waals surface area contributed by atoms with E-state index in [9.17, 15) is 4.79 Å². The molecule has 4 atom stereocenters. The molecule has 19 heavy (non-hydrogen) atoms. The molecule has 0 bridgehead atoms. The highest BCUT2D eigenvalue weighted by Crippen LogP contribution is 2.36. The van der Waals surface area contributed by atoms with Gasteiger partial charge in [0.05, 0.1) is 11.7 Å². The molecule has 1 amide bonds. The van der Waals surface area contributed by atoms with Gasteiger partial charge in [0.2, 0.25) is 5.91 Å². The molecule has 1 saturated heterocycles. The number of hydrogen-bond donors (Lipinski definition) is 1. The zero-order valence-corrected chi connectivity index (χ0v) is 13.0. The molecule has 1 heterocycles. The number of hydrogen-bond acceptors (Lipinski definition) is 2. The summed E-state index contributed by atoms with van der Waals surface area (Å²) >= 11 is 0. The van der Waals surface area contributed by atoms with Crippen LogP contribution in [0.1, 0.15) is 72.6 Å². The Hall–Kier alpha value is -0.570. The van der Waals surface area contributed by atoms with Crippen molar-refractivity contribution in [2.75, 3.05) is 0 Å². The van der Waals surface area contributed by atoms with Crippen molar-refractivity contribution in [3.05, 3.63) is 0 Å². The van der Waals surface area contributed by atoms with Gasteiger partial charge in [-0.25, -0.2) is 0 Å². The van der Waals surface area contributed by atoms with E-state index < -0.39 is 0 Å². The van der Waals surface area contributed by atoms with E-state index in [1.54, 1.807) is 0 Å². The van der Waals surface area contributed by atoms with Gasteiger partial charge in [-0.2, -0.15) is 0 Å². The fourth-order valence-electron chi connectivity index (χ4n) is 3.89. The number of nitrogens with zero attached hydrogens (tertiary/aromatic N) is 1. The summed E-state index contributed by atoms with van der Waals surface area (Å²) < 4.78 is 0. The standard InChI is InChI=1S/C16H30N2O/c1-5-12-10-8-9-11-13(12)18-14(6-2)17-16(4,7-3)15(18)19/h12-14,17H,5-11H2,1-4H3. The summed E-state index contributed by atoms with van der Waals surface area (Å²) in [5.41, 5.74) is -0.337. The van der Waals surface area contributed by atoms with Gasteiger partial charge in [0.15, 0.2) is 0 Å². The molecule has 2 aliphatic rings. The van der Waals surface area contributed by atoms with Gasteiger partial charge in [-0.05, 0) is 38.5 Å². The normalized spacial score (nSPS) is 39.9. The van der Waals surface area contributed by atoms with Crippen molar-refractivity contribution in [2.24, 2.45) is 5.92 Å². The number of rotatable bonds is 4. The van der Waals surface area contributed by atoms with Gasteiger partial charge < -0.3 is 4.90 Å². The molecule has 0 aromatic heterocycles. The monoisotopic (exact) mass is 266 g/mol. The Kier molecular flexibility index (Phi) is 4.54. The molecule has 1 aliphatic heterocycles. The first-order valence-electron chi connectivity index (χ1n) is 8.17. The van der Waals surface area contributed by atoms with Crippen LogP contribution in [-0.4, -0.2) is 28.6 Å². The van der Waals surface area contributed by atoms with Gasteiger partial charge in [0, 0.05) is 6.04 Å². The van der Waals surface area contributed by atoms with Crippen molar-refractivity contribution in [1.29, 1.82) is 0 Å². The molecule has 2 fully saturated rings. The number of amides is 1. The summed E-state index contributed by atoms with van der Waals surface area (Å²) in [6.45, 7) is 8.64. The molecule has 4 unspecified atom stereocenters. The first-order valence-corrected chi connectivity index (χ1v) is 8.17. The molecular weight excluding hydrogens is 236 g/mol. The molecule has 2 rings (SSSR count). The van der Waals surface area contributed by atoms with E-state index in [-0.39, 0.29) is 11.7 Å². The van der Waals surface area contributed by atoms with Gasteiger partial charge >= 0.3 is 0 Å². The van der Waals surface area contributed by atoms with E-state index in [1.807, 2.05) is 0 Å². The van der Waals surface area contributed by atoms with Crippen molar-refractivity contribution >= 4 is 5.91 Å². The predicted octanol–water partition coefficient (Wildman–Crippen LogP) is 3.29. The van der Waals surface area contributed by atoms with Crippen LogP contribution in [0.15, 0.2) is 0 Å². The molecule has 0 spiro atoms. The van der Waals surface area contributed by atoms with E-state index >= 15 is 0 Å². The summed E-state index contributed by atoms with van der Waals surface area (Å²) in [6.07, 6.45) is 8.45. The lowest BCUT2D eigenvalue weighted by atomic mass is 9.81. The highest BCUT2D eigenvalue weighted by atomic mass is 16.2. The maximum atomic E-state index is 12.9. The first kappa shape index (κ1) is 14.8. The summed E-state index contributed by atoms with van der Waals surface area (Å²) in [4.78, 5) is 15.1. The summed E-state index contributed by atoms with van der Waals surface area (Å²) in [6, 6.07) is 0.470. The Morgan fingerprint density at radius 2 is 1.89 bits per heavy atom. The zero-order chi connectivity index (χ0) is 14.0. The van der Waals surface area contributed by atoms with Crippen LogP contribution >= 0.6 is 0 Å². The lowest BCUT2D eigenvalue weighted by molar-refractivity contribution is -0.137. The molecule has 1 saturated carbocycles. The van der Waals surface area contributed by atoms with Gasteiger partial charge in [-0.1, -0.05) is 40.0 Å². The molecule has 0 radical (unpaired) electrons. The number of carbonyl (C=O) groups is 1. The molecular formula is C16H30N2O. The third-order valence-electron chi connectivity index (χ3n) is 5.37. The third kappa shape index (κ3) is 2.54. The Balaban J connectivity index is 2.23. The lowest BCUT2D eigenvalue weighted by Crippen LogP contribution is -2.49. The van der Waals surface area contributed by atoms with Gasteiger partial charge in [-0.15, -0.1) is 0 Å². The molecule has 110 valence electrons. The zero-order valence-electron chi connectivity index (χ0n) is 13.0. The Morgan fingerprint density at radius 3 is 2.47 bits per heavy atom. The predicted molar refractivity (Wildman–Crippen MR) is 78.8 cm³/mol. The quantitative estimate of drug-likeness (QED) is 0.847. The van der Waals surface area contributed by atoms with E-state index in [0.717, 1.165) is 12.8 Å². The molecule has 1 N–H and O–H groups in total. The Labute approximate surface area is 118 Å². The Morgan fingerprint density at radius 1 is 1.21 bits per heavy atom. The SMILES string of the molecule is CCC1CCCCC1N1C(=O)C(C)(CC)NC1CC. The van der Waals surface area contributed by atoms with Crippen molar-refractivity contribution in [3.8, 4) is 0 Å². The lowest BCUT2D eigenvalue weighted by Gasteiger charge is -2.40. The second-order valence-corrected chi connectivity index (χ2v) is 6.49. The van der Waals surface area contributed by atoms with Crippen LogP contribution < -0.4 is 5.32 Å². The van der Waals surface area contributed by atoms with Crippen molar-refractivity contribution < 1.29 is 4.79 Å². The molecule has 1 aliphatic carbocycles. The van der Waals surface area contributed by atoms with E-state index in [2.05, 4.69) is 37.9 Å². The maximum Gasteiger partial charge on any atom is 0.244 e. The van der Waals surface area contributed by atoms with Gasteiger partial charge in [0.1, 0.15) is 0 Å². The van der Waals surface area contributed by atoms with E-state index in [4.69, 9.17) is 0 Å². The summed E-state index contributed by atoms with van der Waals surface area (Å²) in [5.74, 6) is 1.04. The van der Waals surface area contributed by atoms with Crippen LogP contribution in [-0.2, 0) is 4.79 Å². The van der Waals surface area contributed by atoms with Crippen LogP contribution in [0.3, 0.4) is 0 Å². The highest BCUT2D eigenvalue weighted by Gasteiger charge is 2.49. The minimum atomic E-state index is -0.337. The average Bonchev–Trinajstić information content (AvgIpc) is 2.71. The molecule has 0 aromatic rings. The van der Waals surface area contributed by atoms with E-state index in [1.165, 1.54) is 32.1 Å². The van der Waals surface area contributed by atoms with Crippen molar-refractivity contribution in [1.82, 2.24) is 10.2 Å². The number of carbonyl (C=O) groups excluding carboxylic acids is 1. The van der Waals surface area contributed by atoms with Crippen LogP contribution in [0.5, 0.6) is 0 Å². The van der Waals surface area contributed by atoms with Gasteiger partial charge in [0.25, 0.3) is 0 Å². The summed E-state index contributed by atoms with van der Waals surface area (Å²) in [5, 5.41) is 3.58. The molecule has 3 nitrogen and oxygen atoms in total. The van der Waals surface area contributed by atoms with Crippen molar-refractivity contribution in [3.63, 3.8) is 0 Å². The van der Waals surface area contributed by atoms with Crippen LogP contribution in [0, 0.1) is 5.92 Å². The maximum absolute atomic E-state index is 12.9. The molecule has 0 aromatic carbocycles. The number of nitrogens with one attached hydrogen (secondary N) is 1. The second kappa shape index (κ2) is 5.82. The average molecular weight is 266 g/mol. The second-order valence-electron chi connectivity index (χ2n) is 6.49. The first-order chi connectivity index (χ1) is 9.07. The minimum absolute atomic E-state index is 0.245. The topological polar surface area (TPSA) is 32.3 Å². The largest absolute Gasteiger partial charge is 0.322 e. The van der Waals surface area contributed by atoms with Crippen LogP contribution in [0.2, 0.25) is 0 Å². The minimum Gasteiger partial charge on any atom is -0.322 e. The van der Waals surface area contributed by atoms with Gasteiger partial charge in [-0.3, -0.25) is 10.1 Å². The van der Waals surface area contributed by atoms with E-state index in [0.29, 0.717) is 17.9 Å². The summed E-state index contributed by atoms with van der Waals surface area (Å²) in [7, 11) is 0. The van der Waals surface area contributed by atoms with Crippen molar-refractivity contribution in [2.45, 2.75) is 90.4 Å². The fourth-order valence-corrected chi connectivity index (χ4v) is 3.89. The fraction of sp³-hybridized carbons (Fsp3) is 0.938. The molecule has 3 heteroatoms.